The summed E-state index contributed by atoms with van der Waals surface area (Å²) in [7, 11) is 1.50. The average Bonchev–Trinajstić information content (AvgIpc) is 3.79. The Balaban J connectivity index is 1.15. The summed E-state index contributed by atoms with van der Waals surface area (Å²) in [4.78, 5) is 43.2. The molecule has 7 rings (SSSR count). The van der Waals surface area contributed by atoms with Crippen LogP contribution >= 0.6 is 0 Å². The minimum atomic E-state index is -0.615. The zero-order valence-corrected chi connectivity index (χ0v) is 22.1. The molecule has 1 saturated heterocycles. The summed E-state index contributed by atoms with van der Waals surface area (Å²) in [6.07, 6.45) is 6.21. The Bertz CT molecular complexity index is 1890. The molecule has 0 atom stereocenters. The van der Waals surface area contributed by atoms with Gasteiger partial charge in [-0.3, -0.25) is 14.2 Å². The Labute approximate surface area is 233 Å². The van der Waals surface area contributed by atoms with Gasteiger partial charge in [-0.15, -0.1) is 5.10 Å². The predicted octanol–water partition coefficient (Wildman–Crippen LogP) is 3.02. The maximum Gasteiger partial charge on any atom is 0.295 e. The number of fused-ring (bicyclic) bond motifs is 2. The molecule has 1 aliphatic heterocycles. The van der Waals surface area contributed by atoms with E-state index >= 15 is 0 Å². The smallest absolute Gasteiger partial charge is 0.295 e. The third kappa shape index (κ3) is 4.07. The van der Waals surface area contributed by atoms with Crippen molar-refractivity contribution in [1.82, 2.24) is 39.4 Å². The number of aromatic nitrogens is 7. The SMILES string of the molecule is COc1cnc(-n2ccnn2)c2[nH]cc(C(=O)C(=O)N3CCN(c4nc5ccccc5n4-c4ccccc4)CC3)c12. The van der Waals surface area contributed by atoms with Gasteiger partial charge in [0.2, 0.25) is 5.95 Å². The lowest BCUT2D eigenvalue weighted by Gasteiger charge is -2.35. The zero-order chi connectivity index (χ0) is 27.9. The number of hydrogen-bond acceptors (Lipinski definition) is 8. The molecule has 0 aliphatic carbocycles. The number of amides is 1. The highest BCUT2D eigenvalue weighted by molar-refractivity contribution is 6.45. The lowest BCUT2D eigenvalue weighted by molar-refractivity contribution is -0.126. The lowest BCUT2D eigenvalue weighted by Crippen LogP contribution is -2.51. The van der Waals surface area contributed by atoms with Crippen molar-refractivity contribution >= 4 is 39.6 Å². The molecule has 2 aromatic carbocycles. The molecule has 41 heavy (non-hydrogen) atoms. The Morgan fingerprint density at radius 3 is 2.51 bits per heavy atom. The second-order valence-corrected chi connectivity index (χ2v) is 9.63. The number of hydrogen-bond donors (Lipinski definition) is 1. The van der Waals surface area contributed by atoms with Crippen molar-refractivity contribution in [3.8, 4) is 17.3 Å². The molecule has 12 heteroatoms. The predicted molar refractivity (Wildman–Crippen MR) is 152 cm³/mol. The molecule has 1 amide bonds. The number of carbonyl (C=O) groups excluding carboxylic acids is 2. The van der Waals surface area contributed by atoms with Crippen LogP contribution in [0, 0.1) is 0 Å². The Kier molecular flexibility index (Phi) is 5.92. The third-order valence-corrected chi connectivity index (χ3v) is 7.36. The van der Waals surface area contributed by atoms with Gasteiger partial charge >= 0.3 is 0 Å². The highest BCUT2D eigenvalue weighted by atomic mass is 16.5. The van der Waals surface area contributed by atoms with Crippen molar-refractivity contribution in [3.63, 3.8) is 0 Å². The summed E-state index contributed by atoms with van der Waals surface area (Å²) in [6, 6.07) is 18.1. The van der Waals surface area contributed by atoms with Crippen LogP contribution in [0.5, 0.6) is 5.75 Å². The molecule has 0 radical (unpaired) electrons. The van der Waals surface area contributed by atoms with Gasteiger partial charge in [0.25, 0.3) is 11.7 Å². The summed E-state index contributed by atoms with van der Waals surface area (Å²) in [6.45, 7) is 1.83. The fraction of sp³-hybridized carbons (Fsp3) is 0.172. The van der Waals surface area contributed by atoms with Gasteiger partial charge in [-0.1, -0.05) is 35.5 Å². The first-order valence-electron chi connectivity index (χ1n) is 13.2. The molecule has 0 bridgehead atoms. The monoisotopic (exact) mass is 547 g/mol. The van der Waals surface area contributed by atoms with Gasteiger partial charge in [-0.05, 0) is 24.3 Å². The number of imidazole rings is 1. The number of H-pyrrole nitrogens is 1. The van der Waals surface area contributed by atoms with E-state index in [4.69, 9.17) is 9.72 Å². The number of aromatic amines is 1. The van der Waals surface area contributed by atoms with Crippen LogP contribution in [0.2, 0.25) is 0 Å². The fourth-order valence-corrected chi connectivity index (χ4v) is 5.36. The standard InChI is InChI=1S/C29H25N9O3/c1-41-23-18-31-27(37-12-11-32-34-37)25-24(23)20(17-30-25)26(39)28(40)35-13-15-36(16-14-35)29-33-21-9-5-6-10-22(21)38(29)19-7-3-2-4-8-19/h2-12,17-18,30H,13-16H2,1H3. The first-order valence-corrected chi connectivity index (χ1v) is 13.2. The van der Waals surface area contributed by atoms with Gasteiger partial charge in [-0.25, -0.2) is 14.6 Å². The van der Waals surface area contributed by atoms with Gasteiger partial charge in [0.1, 0.15) is 5.75 Å². The molecule has 204 valence electrons. The van der Waals surface area contributed by atoms with Gasteiger partial charge in [-0.2, -0.15) is 0 Å². The molecule has 6 aromatic rings. The Morgan fingerprint density at radius 1 is 0.976 bits per heavy atom. The number of para-hydroxylation sites is 3. The van der Waals surface area contributed by atoms with E-state index in [1.54, 1.807) is 11.1 Å². The molecular weight excluding hydrogens is 522 g/mol. The number of nitrogens with zero attached hydrogens (tertiary/aromatic N) is 8. The van der Waals surface area contributed by atoms with E-state index < -0.39 is 11.7 Å². The van der Waals surface area contributed by atoms with Crippen LogP contribution in [0.25, 0.3) is 33.4 Å². The molecule has 0 spiro atoms. The molecule has 4 aromatic heterocycles. The second kappa shape index (κ2) is 9.90. The van der Waals surface area contributed by atoms with Crippen molar-refractivity contribution in [3.05, 3.63) is 84.9 Å². The number of benzene rings is 2. The van der Waals surface area contributed by atoms with Crippen LogP contribution in [-0.4, -0.2) is 84.4 Å². The number of ether oxygens (including phenoxy) is 1. The van der Waals surface area contributed by atoms with Crippen molar-refractivity contribution in [2.24, 2.45) is 0 Å². The number of rotatable bonds is 6. The van der Waals surface area contributed by atoms with Gasteiger partial charge in [0, 0.05) is 38.1 Å². The quantitative estimate of drug-likeness (QED) is 0.249. The number of anilines is 1. The number of nitrogens with one attached hydrogen (secondary N) is 1. The highest BCUT2D eigenvalue weighted by Crippen LogP contribution is 2.32. The summed E-state index contributed by atoms with van der Waals surface area (Å²) >= 11 is 0. The van der Waals surface area contributed by atoms with Gasteiger partial charge in [0.05, 0.1) is 53.2 Å². The van der Waals surface area contributed by atoms with Crippen LogP contribution in [0.15, 0.2) is 79.4 Å². The van der Waals surface area contributed by atoms with E-state index in [9.17, 15) is 9.59 Å². The average molecular weight is 548 g/mol. The first-order chi connectivity index (χ1) is 20.1. The normalized spacial score (nSPS) is 13.7. The minimum absolute atomic E-state index is 0.221. The van der Waals surface area contributed by atoms with Crippen molar-refractivity contribution in [1.29, 1.82) is 0 Å². The summed E-state index contributed by atoms with van der Waals surface area (Å²) < 4.78 is 9.11. The van der Waals surface area contributed by atoms with E-state index in [1.807, 2.05) is 36.4 Å². The largest absolute Gasteiger partial charge is 0.494 e. The van der Waals surface area contributed by atoms with Crippen LogP contribution in [0.4, 0.5) is 5.95 Å². The van der Waals surface area contributed by atoms with Gasteiger partial charge < -0.3 is 19.5 Å². The number of pyridine rings is 1. The van der Waals surface area contributed by atoms with Crippen molar-refractivity contribution in [2.75, 3.05) is 38.2 Å². The zero-order valence-electron chi connectivity index (χ0n) is 22.1. The minimum Gasteiger partial charge on any atom is -0.494 e. The van der Waals surface area contributed by atoms with Crippen LogP contribution in [-0.2, 0) is 4.79 Å². The Morgan fingerprint density at radius 2 is 1.76 bits per heavy atom. The summed E-state index contributed by atoms with van der Waals surface area (Å²) in [5.41, 5.74) is 3.66. The molecule has 1 aliphatic rings. The van der Waals surface area contributed by atoms with E-state index in [0.717, 1.165) is 22.7 Å². The van der Waals surface area contributed by atoms with Crippen LogP contribution < -0.4 is 9.64 Å². The maximum absolute atomic E-state index is 13.5. The van der Waals surface area contributed by atoms with E-state index in [1.165, 1.54) is 30.4 Å². The fourth-order valence-electron chi connectivity index (χ4n) is 5.36. The number of methoxy groups -OCH3 is 1. The first kappa shape index (κ1) is 24.5. The topological polar surface area (TPSA) is 127 Å². The number of Topliss-reactive ketones (excluding diaryl/α,β-unsaturated/α-hetero) is 1. The molecule has 1 N–H and O–H groups in total. The van der Waals surface area contributed by atoms with Crippen molar-refractivity contribution in [2.45, 2.75) is 0 Å². The van der Waals surface area contributed by atoms with E-state index in [-0.39, 0.29) is 5.56 Å². The number of piperazine rings is 1. The Hall–Kier alpha value is -5.52. The van der Waals surface area contributed by atoms with Crippen LogP contribution in [0.3, 0.4) is 0 Å². The summed E-state index contributed by atoms with van der Waals surface area (Å²) in [5, 5.41) is 8.30. The third-order valence-electron chi connectivity index (χ3n) is 7.36. The maximum atomic E-state index is 13.5. The molecule has 5 heterocycles. The van der Waals surface area contributed by atoms with Gasteiger partial charge in [0.15, 0.2) is 5.82 Å². The molecule has 0 saturated carbocycles. The van der Waals surface area contributed by atoms with E-state index in [0.29, 0.717) is 48.6 Å². The number of ketones is 1. The van der Waals surface area contributed by atoms with Crippen molar-refractivity contribution < 1.29 is 14.3 Å². The molecule has 1 fully saturated rings. The number of carbonyl (C=O) groups is 2. The van der Waals surface area contributed by atoms with E-state index in [2.05, 4.69) is 47.9 Å². The molecule has 0 unspecified atom stereocenters. The molecule has 12 nitrogen and oxygen atoms in total. The second-order valence-electron chi connectivity index (χ2n) is 9.63. The lowest BCUT2D eigenvalue weighted by atomic mass is 10.1. The van der Waals surface area contributed by atoms with Crippen LogP contribution in [0.1, 0.15) is 10.4 Å². The summed E-state index contributed by atoms with van der Waals surface area (Å²) in [5.74, 6) is 0.453. The molecular formula is C29H25N9O3. The highest BCUT2D eigenvalue weighted by Gasteiger charge is 2.31.